The summed E-state index contributed by atoms with van der Waals surface area (Å²) in [5.74, 6) is 0.555. The molecule has 2 nitrogen and oxygen atoms in total. The summed E-state index contributed by atoms with van der Waals surface area (Å²) in [4.78, 5) is 2.28. The normalized spacial score (nSPS) is 25.1. The highest BCUT2D eigenvalue weighted by Crippen LogP contribution is 2.24. The molecule has 1 aliphatic heterocycles. The molecule has 2 rings (SSSR count). The van der Waals surface area contributed by atoms with E-state index in [0.29, 0.717) is 11.7 Å². The van der Waals surface area contributed by atoms with E-state index in [9.17, 15) is 4.39 Å². The fourth-order valence-corrected chi connectivity index (χ4v) is 2.62. The third kappa shape index (κ3) is 3.15. The molecule has 1 fully saturated rings. The Morgan fingerprint density at radius 3 is 2.89 bits per heavy atom. The molecular formula is C14H19ClFNO. The molecule has 0 aliphatic carbocycles. The fraction of sp³-hybridized carbons (Fsp3) is 0.571. The first-order chi connectivity index (χ1) is 8.60. The Morgan fingerprint density at radius 2 is 2.28 bits per heavy atom. The number of halogens is 2. The van der Waals surface area contributed by atoms with Gasteiger partial charge in [-0.25, -0.2) is 4.39 Å². The van der Waals surface area contributed by atoms with Crippen LogP contribution in [0.5, 0.6) is 5.75 Å². The van der Waals surface area contributed by atoms with E-state index in [4.69, 9.17) is 16.3 Å². The Balaban J connectivity index is 1.99. The fourth-order valence-electron chi connectivity index (χ4n) is 2.29. The first kappa shape index (κ1) is 13.6. The molecule has 0 spiro atoms. The van der Waals surface area contributed by atoms with E-state index >= 15 is 0 Å². The highest BCUT2D eigenvalue weighted by molar-refractivity contribution is 6.21. The maximum Gasteiger partial charge on any atom is 0.165 e. The van der Waals surface area contributed by atoms with E-state index in [0.717, 1.165) is 31.6 Å². The quantitative estimate of drug-likeness (QED) is 0.783. The topological polar surface area (TPSA) is 12.5 Å². The minimum absolute atomic E-state index is 0.196. The lowest BCUT2D eigenvalue weighted by Gasteiger charge is -2.33. The molecule has 100 valence electrons. The lowest BCUT2D eigenvalue weighted by Crippen LogP contribution is -2.39. The van der Waals surface area contributed by atoms with Crippen molar-refractivity contribution in [1.29, 1.82) is 0 Å². The molecule has 0 saturated carbocycles. The summed E-state index contributed by atoms with van der Waals surface area (Å²) in [6.45, 7) is 4.83. The van der Waals surface area contributed by atoms with Crippen molar-refractivity contribution in [2.45, 2.75) is 25.3 Å². The Labute approximate surface area is 113 Å². The van der Waals surface area contributed by atoms with Crippen LogP contribution < -0.4 is 4.74 Å². The molecule has 1 aliphatic rings. The zero-order chi connectivity index (χ0) is 13.1. The maximum atomic E-state index is 13.6. The van der Waals surface area contributed by atoms with Gasteiger partial charge in [-0.1, -0.05) is 13.0 Å². The summed E-state index contributed by atoms with van der Waals surface area (Å²) in [7, 11) is 1.47. The molecule has 1 saturated heterocycles. The Morgan fingerprint density at radius 1 is 1.50 bits per heavy atom. The summed E-state index contributed by atoms with van der Waals surface area (Å²) in [6.07, 6.45) is 1.10. The van der Waals surface area contributed by atoms with E-state index < -0.39 is 0 Å². The number of benzene rings is 1. The first-order valence-corrected chi connectivity index (χ1v) is 6.72. The predicted molar refractivity (Wildman–Crippen MR) is 71.7 cm³/mol. The van der Waals surface area contributed by atoms with E-state index in [2.05, 4.69) is 11.8 Å². The highest BCUT2D eigenvalue weighted by atomic mass is 35.5. The molecule has 0 bridgehead atoms. The van der Waals surface area contributed by atoms with Gasteiger partial charge in [0.2, 0.25) is 0 Å². The summed E-state index contributed by atoms with van der Waals surface area (Å²) >= 11 is 6.27. The van der Waals surface area contributed by atoms with E-state index in [1.165, 1.54) is 7.11 Å². The van der Waals surface area contributed by atoms with E-state index in [1.807, 2.05) is 6.07 Å². The number of rotatable bonds is 3. The van der Waals surface area contributed by atoms with Gasteiger partial charge < -0.3 is 4.74 Å². The molecule has 2 unspecified atom stereocenters. The number of likely N-dealkylation sites (tertiary alicyclic amines) is 1. The van der Waals surface area contributed by atoms with E-state index in [1.54, 1.807) is 12.1 Å². The molecule has 0 radical (unpaired) electrons. The minimum Gasteiger partial charge on any atom is -0.494 e. The van der Waals surface area contributed by atoms with Crippen molar-refractivity contribution >= 4 is 11.6 Å². The number of ether oxygens (including phenoxy) is 1. The number of methoxy groups -OCH3 is 1. The second-order valence-electron chi connectivity index (χ2n) is 4.99. The smallest absolute Gasteiger partial charge is 0.165 e. The van der Waals surface area contributed by atoms with Gasteiger partial charge >= 0.3 is 0 Å². The zero-order valence-electron chi connectivity index (χ0n) is 10.8. The van der Waals surface area contributed by atoms with Gasteiger partial charge in [0.05, 0.1) is 7.11 Å². The monoisotopic (exact) mass is 271 g/mol. The molecule has 1 heterocycles. The number of piperidine rings is 1. The Bertz CT molecular complexity index is 413. The van der Waals surface area contributed by atoms with Crippen LogP contribution in [0, 0.1) is 11.7 Å². The maximum absolute atomic E-state index is 13.6. The summed E-state index contributed by atoms with van der Waals surface area (Å²) in [6, 6.07) is 5.12. The summed E-state index contributed by atoms with van der Waals surface area (Å²) < 4.78 is 18.5. The van der Waals surface area contributed by atoms with Crippen LogP contribution in [0.4, 0.5) is 4.39 Å². The molecular weight excluding hydrogens is 253 g/mol. The Kier molecular flexibility index (Phi) is 4.46. The van der Waals surface area contributed by atoms with Crippen LogP contribution in [0.2, 0.25) is 0 Å². The third-order valence-electron chi connectivity index (χ3n) is 3.57. The summed E-state index contributed by atoms with van der Waals surface area (Å²) in [5.41, 5.74) is 0.965. The van der Waals surface area contributed by atoms with Crippen LogP contribution in [-0.2, 0) is 6.54 Å². The van der Waals surface area contributed by atoms with Crippen molar-refractivity contribution in [3.63, 3.8) is 0 Å². The number of alkyl halides is 1. The van der Waals surface area contributed by atoms with Crippen LogP contribution in [0.15, 0.2) is 18.2 Å². The predicted octanol–water partition coefficient (Wildman–Crippen LogP) is 3.28. The average Bonchev–Trinajstić information content (AvgIpc) is 2.34. The average molecular weight is 272 g/mol. The second-order valence-corrected chi connectivity index (χ2v) is 5.55. The molecule has 0 N–H and O–H groups in total. The molecule has 0 aromatic heterocycles. The third-order valence-corrected chi connectivity index (χ3v) is 4.14. The SMILES string of the molecule is COc1ccc(CN2CCC(C)C(Cl)C2)cc1F. The van der Waals surface area contributed by atoms with Crippen LogP contribution in [0.1, 0.15) is 18.9 Å². The molecule has 18 heavy (non-hydrogen) atoms. The van der Waals surface area contributed by atoms with Gasteiger partial charge in [-0.15, -0.1) is 11.6 Å². The van der Waals surface area contributed by atoms with Gasteiger partial charge in [-0.05, 0) is 36.6 Å². The van der Waals surface area contributed by atoms with Gasteiger partial charge in [0, 0.05) is 18.5 Å². The standard InChI is InChI=1S/C14H19ClFNO/c1-10-5-6-17(9-12(10)15)8-11-3-4-14(18-2)13(16)7-11/h3-4,7,10,12H,5-6,8-9H2,1-2H3. The van der Waals surface area contributed by atoms with Gasteiger partial charge in [0.15, 0.2) is 11.6 Å². The van der Waals surface area contributed by atoms with Gasteiger partial charge in [0.25, 0.3) is 0 Å². The van der Waals surface area contributed by atoms with Crippen LogP contribution in [-0.4, -0.2) is 30.5 Å². The van der Waals surface area contributed by atoms with E-state index in [-0.39, 0.29) is 11.2 Å². The van der Waals surface area contributed by atoms with Crippen molar-refractivity contribution in [2.75, 3.05) is 20.2 Å². The zero-order valence-corrected chi connectivity index (χ0v) is 11.6. The van der Waals surface area contributed by atoms with Crippen molar-refractivity contribution in [1.82, 2.24) is 4.90 Å². The van der Waals surface area contributed by atoms with Crippen LogP contribution >= 0.6 is 11.6 Å². The lowest BCUT2D eigenvalue weighted by molar-refractivity contribution is 0.189. The van der Waals surface area contributed by atoms with Crippen LogP contribution in [0.25, 0.3) is 0 Å². The number of hydrogen-bond acceptors (Lipinski definition) is 2. The lowest BCUT2D eigenvalue weighted by atomic mass is 9.98. The molecule has 2 atom stereocenters. The molecule has 1 aromatic carbocycles. The van der Waals surface area contributed by atoms with Gasteiger partial charge in [-0.3, -0.25) is 4.90 Å². The highest BCUT2D eigenvalue weighted by Gasteiger charge is 2.24. The van der Waals surface area contributed by atoms with Crippen molar-refractivity contribution in [2.24, 2.45) is 5.92 Å². The summed E-state index contributed by atoms with van der Waals surface area (Å²) in [5, 5.41) is 0.196. The van der Waals surface area contributed by atoms with Gasteiger partial charge in [-0.2, -0.15) is 0 Å². The largest absolute Gasteiger partial charge is 0.494 e. The van der Waals surface area contributed by atoms with Crippen molar-refractivity contribution in [3.05, 3.63) is 29.6 Å². The number of nitrogens with zero attached hydrogens (tertiary/aromatic N) is 1. The first-order valence-electron chi connectivity index (χ1n) is 6.29. The minimum atomic E-state index is -0.303. The van der Waals surface area contributed by atoms with Crippen molar-refractivity contribution < 1.29 is 9.13 Å². The number of hydrogen-bond donors (Lipinski definition) is 0. The van der Waals surface area contributed by atoms with Crippen LogP contribution in [0.3, 0.4) is 0 Å². The second kappa shape index (κ2) is 5.89. The van der Waals surface area contributed by atoms with Crippen molar-refractivity contribution in [3.8, 4) is 5.75 Å². The molecule has 4 heteroatoms. The Hall–Kier alpha value is -0.800. The molecule has 0 amide bonds. The molecule has 1 aromatic rings. The van der Waals surface area contributed by atoms with Gasteiger partial charge in [0.1, 0.15) is 0 Å².